The van der Waals surface area contributed by atoms with Gasteiger partial charge in [-0.15, -0.1) is 0 Å². The van der Waals surface area contributed by atoms with Gasteiger partial charge in [0.2, 0.25) is 17.7 Å². The van der Waals surface area contributed by atoms with Gasteiger partial charge in [-0.1, -0.05) is 54.6 Å². The van der Waals surface area contributed by atoms with Crippen LogP contribution in [0.3, 0.4) is 0 Å². The number of hydrogen-bond donors (Lipinski definition) is 0. The molecule has 2 aromatic carbocycles. The van der Waals surface area contributed by atoms with Gasteiger partial charge in [0.1, 0.15) is 0 Å². The van der Waals surface area contributed by atoms with Crippen molar-refractivity contribution in [3.63, 3.8) is 0 Å². The van der Waals surface area contributed by atoms with Crippen LogP contribution in [0.25, 0.3) is 11.1 Å². The first-order chi connectivity index (χ1) is 14.0. The van der Waals surface area contributed by atoms with E-state index in [0.717, 1.165) is 16.0 Å². The van der Waals surface area contributed by atoms with E-state index in [1.54, 1.807) is 4.90 Å². The normalized spacial score (nSPS) is 22.2. The average molecular weight is 392 g/mol. The Morgan fingerprint density at radius 3 is 2.17 bits per heavy atom. The topological polar surface area (TPSA) is 66.9 Å². The minimum absolute atomic E-state index is 0.00734. The summed E-state index contributed by atoms with van der Waals surface area (Å²) in [5.74, 6) is -0.676. The molecular formula is C23H24N2O4. The highest BCUT2D eigenvalue weighted by Crippen LogP contribution is 2.40. The van der Waals surface area contributed by atoms with Gasteiger partial charge < -0.3 is 9.64 Å². The first kappa shape index (κ1) is 19.3. The van der Waals surface area contributed by atoms with Crippen molar-refractivity contribution in [2.24, 2.45) is 0 Å². The molecule has 2 aliphatic rings. The molecule has 0 saturated carbocycles. The van der Waals surface area contributed by atoms with Crippen molar-refractivity contribution in [3.8, 4) is 11.1 Å². The molecule has 6 nitrogen and oxygen atoms in total. The van der Waals surface area contributed by atoms with Gasteiger partial charge >= 0.3 is 0 Å². The van der Waals surface area contributed by atoms with E-state index in [1.165, 1.54) is 7.05 Å². The lowest BCUT2D eigenvalue weighted by Crippen LogP contribution is -2.46. The molecule has 0 bridgehead atoms. The van der Waals surface area contributed by atoms with Crippen LogP contribution in [0.1, 0.15) is 18.4 Å². The number of hydrogen-bond acceptors (Lipinski definition) is 4. The number of carbonyl (C=O) groups excluding carboxylic acids is 3. The van der Waals surface area contributed by atoms with E-state index >= 15 is 0 Å². The summed E-state index contributed by atoms with van der Waals surface area (Å²) >= 11 is 0. The summed E-state index contributed by atoms with van der Waals surface area (Å²) in [5.41, 5.74) is 1.66. The Morgan fingerprint density at radius 1 is 0.966 bits per heavy atom. The molecule has 3 amide bonds. The predicted molar refractivity (Wildman–Crippen MR) is 108 cm³/mol. The van der Waals surface area contributed by atoms with Crippen LogP contribution in [0, 0.1) is 0 Å². The maximum atomic E-state index is 13.1. The molecule has 29 heavy (non-hydrogen) atoms. The van der Waals surface area contributed by atoms with E-state index in [4.69, 9.17) is 4.74 Å². The number of nitrogens with zero attached hydrogens (tertiary/aromatic N) is 2. The van der Waals surface area contributed by atoms with Crippen molar-refractivity contribution < 1.29 is 19.1 Å². The monoisotopic (exact) mass is 392 g/mol. The molecule has 0 aromatic heterocycles. The number of imide groups is 1. The van der Waals surface area contributed by atoms with Gasteiger partial charge in [0.25, 0.3) is 0 Å². The Morgan fingerprint density at radius 2 is 1.59 bits per heavy atom. The van der Waals surface area contributed by atoms with Crippen molar-refractivity contribution >= 4 is 17.7 Å². The smallest absolute Gasteiger partial charge is 0.240 e. The molecule has 0 unspecified atom stereocenters. The summed E-state index contributed by atoms with van der Waals surface area (Å²) in [6, 6.07) is 17.6. The highest BCUT2D eigenvalue weighted by molar-refractivity contribution is 6.10. The lowest BCUT2D eigenvalue weighted by atomic mass is 9.75. The van der Waals surface area contributed by atoms with Crippen LogP contribution in [-0.4, -0.2) is 60.9 Å². The Kier molecular flexibility index (Phi) is 5.20. The van der Waals surface area contributed by atoms with Gasteiger partial charge in [-0.05, 0) is 16.7 Å². The van der Waals surface area contributed by atoms with Gasteiger partial charge in [-0.2, -0.15) is 0 Å². The highest BCUT2D eigenvalue weighted by Gasteiger charge is 2.52. The Balaban J connectivity index is 1.67. The molecule has 150 valence electrons. The molecule has 0 radical (unpaired) electrons. The molecule has 2 aliphatic heterocycles. The van der Waals surface area contributed by atoms with E-state index in [-0.39, 0.29) is 30.6 Å². The van der Waals surface area contributed by atoms with Gasteiger partial charge in [0.15, 0.2) is 0 Å². The van der Waals surface area contributed by atoms with E-state index in [9.17, 15) is 14.4 Å². The Hall–Kier alpha value is -2.99. The van der Waals surface area contributed by atoms with Gasteiger partial charge in [0.05, 0.1) is 18.6 Å². The van der Waals surface area contributed by atoms with Crippen molar-refractivity contribution in [1.29, 1.82) is 0 Å². The highest BCUT2D eigenvalue weighted by atomic mass is 16.5. The number of carbonyl (C=O) groups is 3. The predicted octanol–water partition coefficient (Wildman–Crippen LogP) is 2.23. The lowest BCUT2D eigenvalue weighted by Gasteiger charge is -2.32. The van der Waals surface area contributed by atoms with Crippen LogP contribution >= 0.6 is 0 Å². The molecule has 0 aliphatic carbocycles. The number of benzene rings is 2. The zero-order valence-corrected chi connectivity index (χ0v) is 16.5. The van der Waals surface area contributed by atoms with E-state index in [1.807, 2.05) is 54.6 Å². The number of amides is 3. The fourth-order valence-corrected chi connectivity index (χ4v) is 4.15. The first-order valence-corrected chi connectivity index (χ1v) is 9.84. The average Bonchev–Trinajstić information content (AvgIpc) is 2.99. The second-order valence-corrected chi connectivity index (χ2v) is 7.63. The van der Waals surface area contributed by atoms with Crippen molar-refractivity contribution in [3.05, 3.63) is 60.2 Å². The third-order valence-electron chi connectivity index (χ3n) is 5.90. The summed E-state index contributed by atoms with van der Waals surface area (Å²) in [4.78, 5) is 41.3. The van der Waals surface area contributed by atoms with Crippen LogP contribution in [0.4, 0.5) is 0 Å². The Bertz CT molecular complexity index is 920. The molecule has 2 saturated heterocycles. The van der Waals surface area contributed by atoms with Gasteiger partial charge in [-0.25, -0.2) is 0 Å². The second kappa shape index (κ2) is 7.79. The van der Waals surface area contributed by atoms with E-state index < -0.39 is 5.41 Å². The molecule has 2 heterocycles. The fraction of sp³-hybridized carbons (Fsp3) is 0.348. The van der Waals surface area contributed by atoms with Crippen LogP contribution in [0.5, 0.6) is 0 Å². The van der Waals surface area contributed by atoms with Crippen LogP contribution in [0.15, 0.2) is 54.6 Å². The summed E-state index contributed by atoms with van der Waals surface area (Å²) in [7, 11) is 1.49. The van der Waals surface area contributed by atoms with Crippen LogP contribution < -0.4 is 0 Å². The molecule has 2 aromatic rings. The quantitative estimate of drug-likeness (QED) is 0.749. The molecule has 6 heteroatoms. The minimum Gasteiger partial charge on any atom is -0.378 e. The number of ether oxygens (including phenoxy) is 1. The summed E-state index contributed by atoms with van der Waals surface area (Å²) in [6.07, 6.45) is 0.00962. The second-order valence-electron chi connectivity index (χ2n) is 7.63. The van der Waals surface area contributed by atoms with E-state index in [2.05, 4.69) is 0 Å². The maximum absolute atomic E-state index is 13.1. The molecule has 0 spiro atoms. The molecule has 2 fully saturated rings. The zero-order chi connectivity index (χ0) is 20.4. The summed E-state index contributed by atoms with van der Waals surface area (Å²) < 4.78 is 5.32. The van der Waals surface area contributed by atoms with Crippen molar-refractivity contribution in [2.45, 2.75) is 18.3 Å². The summed E-state index contributed by atoms with van der Waals surface area (Å²) in [5, 5.41) is 0. The molecule has 1 atom stereocenters. The van der Waals surface area contributed by atoms with Crippen molar-refractivity contribution in [1.82, 2.24) is 9.80 Å². The third-order valence-corrected chi connectivity index (χ3v) is 5.90. The SMILES string of the molecule is CN1C(=O)C[C@](CC(=O)N2CCOCC2)(c2ccc(-c3ccccc3)cc2)C1=O. The minimum atomic E-state index is -1.14. The van der Waals surface area contributed by atoms with Gasteiger partial charge in [0, 0.05) is 33.0 Å². The van der Waals surface area contributed by atoms with Crippen molar-refractivity contribution in [2.75, 3.05) is 33.4 Å². The largest absolute Gasteiger partial charge is 0.378 e. The first-order valence-electron chi connectivity index (χ1n) is 9.84. The summed E-state index contributed by atoms with van der Waals surface area (Å²) in [6.45, 7) is 2.02. The Labute approximate surface area is 170 Å². The zero-order valence-electron chi connectivity index (χ0n) is 16.5. The van der Waals surface area contributed by atoms with Gasteiger partial charge in [-0.3, -0.25) is 19.3 Å². The van der Waals surface area contributed by atoms with Crippen LogP contribution in [0.2, 0.25) is 0 Å². The molecule has 0 N–H and O–H groups in total. The molecule has 4 rings (SSSR count). The third kappa shape index (κ3) is 3.56. The standard InChI is InChI=1S/C23H24N2O4/c1-24-20(26)15-23(22(24)28,16-21(27)25-11-13-29-14-12-25)19-9-7-18(8-10-19)17-5-3-2-4-6-17/h2-10H,11-16H2,1H3/t23-/m0/s1. The maximum Gasteiger partial charge on any atom is 0.240 e. The van der Waals surface area contributed by atoms with E-state index in [0.29, 0.717) is 31.9 Å². The number of morpholine rings is 1. The number of likely N-dealkylation sites (tertiary alicyclic amines) is 1. The van der Waals surface area contributed by atoms with Crippen LogP contribution in [-0.2, 0) is 24.5 Å². The lowest BCUT2D eigenvalue weighted by molar-refractivity contribution is -0.143. The fourth-order valence-electron chi connectivity index (χ4n) is 4.15. The number of likely N-dealkylation sites (N-methyl/N-ethyl adjacent to an activating group) is 1. The molecular weight excluding hydrogens is 368 g/mol. The number of rotatable bonds is 4.